The SMILES string of the molecule is Cc1nn(CCC(C)(C)O)c2c1[C@H](c1ccc(F)cc1)[C@@H](NC(=O)c1cccc(C(F)(F)F)c1)C(=O)N2. The maximum absolute atomic E-state index is 13.7. The number of hydrogen-bond acceptors (Lipinski definition) is 4. The minimum atomic E-state index is -4.64. The number of halogens is 4. The molecule has 196 valence electrons. The molecule has 0 saturated carbocycles. The Bertz CT molecular complexity index is 1330. The summed E-state index contributed by atoms with van der Waals surface area (Å²) >= 11 is 0. The molecule has 0 radical (unpaired) electrons. The normalized spacial score (nSPS) is 17.8. The molecule has 0 spiro atoms. The van der Waals surface area contributed by atoms with Crippen molar-refractivity contribution in [2.24, 2.45) is 0 Å². The molecule has 0 aliphatic carbocycles. The fraction of sp³-hybridized carbons (Fsp3) is 0.346. The van der Waals surface area contributed by atoms with Crippen LogP contribution < -0.4 is 10.6 Å². The molecule has 4 rings (SSSR count). The number of benzene rings is 2. The van der Waals surface area contributed by atoms with E-state index in [-0.39, 0.29) is 12.1 Å². The largest absolute Gasteiger partial charge is 0.416 e. The van der Waals surface area contributed by atoms with Crippen molar-refractivity contribution in [2.45, 2.75) is 57.5 Å². The van der Waals surface area contributed by atoms with Crippen molar-refractivity contribution in [2.75, 3.05) is 5.32 Å². The highest BCUT2D eigenvalue weighted by molar-refractivity contribution is 6.04. The van der Waals surface area contributed by atoms with Gasteiger partial charge in [0.2, 0.25) is 5.91 Å². The van der Waals surface area contributed by atoms with E-state index in [2.05, 4.69) is 15.7 Å². The van der Waals surface area contributed by atoms with Gasteiger partial charge in [-0.3, -0.25) is 9.59 Å². The zero-order valence-electron chi connectivity index (χ0n) is 20.4. The fourth-order valence-corrected chi connectivity index (χ4v) is 4.39. The first-order valence-electron chi connectivity index (χ1n) is 11.6. The van der Waals surface area contributed by atoms with E-state index in [1.54, 1.807) is 25.5 Å². The molecular formula is C26H26F4N4O3. The van der Waals surface area contributed by atoms with E-state index in [0.29, 0.717) is 35.1 Å². The monoisotopic (exact) mass is 518 g/mol. The Labute approximate surface area is 210 Å². The van der Waals surface area contributed by atoms with Gasteiger partial charge in [-0.15, -0.1) is 0 Å². The summed E-state index contributed by atoms with van der Waals surface area (Å²) in [4.78, 5) is 26.3. The van der Waals surface area contributed by atoms with Crippen LogP contribution in [0.3, 0.4) is 0 Å². The molecule has 3 N–H and O–H groups in total. The predicted molar refractivity (Wildman–Crippen MR) is 127 cm³/mol. The van der Waals surface area contributed by atoms with Crippen molar-refractivity contribution in [3.63, 3.8) is 0 Å². The van der Waals surface area contributed by atoms with Gasteiger partial charge in [-0.25, -0.2) is 9.07 Å². The van der Waals surface area contributed by atoms with Gasteiger partial charge in [0.25, 0.3) is 5.91 Å². The van der Waals surface area contributed by atoms with Gasteiger partial charge in [0.05, 0.1) is 16.9 Å². The number of carbonyl (C=O) groups is 2. The van der Waals surface area contributed by atoms with Crippen LogP contribution in [0.15, 0.2) is 48.5 Å². The zero-order chi connectivity index (χ0) is 27.1. The van der Waals surface area contributed by atoms with Crippen molar-refractivity contribution in [3.8, 4) is 0 Å². The molecule has 0 fully saturated rings. The van der Waals surface area contributed by atoms with Gasteiger partial charge in [-0.1, -0.05) is 18.2 Å². The van der Waals surface area contributed by atoms with Crippen molar-refractivity contribution < 1.29 is 32.3 Å². The molecule has 1 aliphatic rings. The van der Waals surface area contributed by atoms with Gasteiger partial charge in [-0.2, -0.15) is 18.3 Å². The number of hydrogen-bond donors (Lipinski definition) is 3. The number of nitrogens with zero attached hydrogens (tertiary/aromatic N) is 2. The molecule has 37 heavy (non-hydrogen) atoms. The molecule has 1 aliphatic heterocycles. The number of anilines is 1. The molecule has 2 atom stereocenters. The first kappa shape index (κ1) is 26.3. The average Bonchev–Trinajstić information content (AvgIpc) is 3.12. The molecule has 2 heterocycles. The van der Waals surface area contributed by atoms with Crippen molar-refractivity contribution in [1.82, 2.24) is 15.1 Å². The van der Waals surface area contributed by atoms with E-state index < -0.39 is 46.9 Å². The fourth-order valence-electron chi connectivity index (χ4n) is 4.39. The van der Waals surface area contributed by atoms with E-state index in [0.717, 1.165) is 12.1 Å². The molecule has 3 aromatic rings. The summed E-state index contributed by atoms with van der Waals surface area (Å²) in [6.45, 7) is 5.31. The minimum Gasteiger partial charge on any atom is -0.390 e. The molecule has 11 heteroatoms. The molecule has 7 nitrogen and oxygen atoms in total. The van der Waals surface area contributed by atoms with Crippen molar-refractivity contribution >= 4 is 17.6 Å². The highest BCUT2D eigenvalue weighted by Crippen LogP contribution is 2.40. The number of nitrogens with one attached hydrogen (secondary N) is 2. The van der Waals surface area contributed by atoms with E-state index in [1.165, 1.54) is 30.3 Å². The van der Waals surface area contributed by atoms with E-state index >= 15 is 0 Å². The number of aliphatic hydroxyl groups is 1. The van der Waals surface area contributed by atoms with Crippen LogP contribution in [-0.4, -0.2) is 38.3 Å². The standard InChI is InChI=1S/C26H26F4N4O3/c1-14-19-20(15-7-9-18(27)10-8-15)21(24(36)32-22(19)34(33-14)12-11-25(2,3)37)31-23(35)16-5-4-6-17(13-16)26(28,29)30/h4-10,13,20-21,37H,11-12H2,1-3H3,(H,31,35)(H,32,36)/t20-,21+/m0/s1. The highest BCUT2D eigenvalue weighted by atomic mass is 19.4. The summed E-state index contributed by atoms with van der Waals surface area (Å²) in [7, 11) is 0. The number of fused-ring (bicyclic) bond motifs is 1. The summed E-state index contributed by atoms with van der Waals surface area (Å²) in [6.07, 6.45) is -4.30. The summed E-state index contributed by atoms with van der Waals surface area (Å²) in [6, 6.07) is 8.11. The lowest BCUT2D eigenvalue weighted by Crippen LogP contribution is -2.50. The molecule has 0 unspecified atom stereocenters. The second kappa shape index (κ2) is 9.62. The zero-order valence-corrected chi connectivity index (χ0v) is 20.4. The van der Waals surface area contributed by atoms with Crippen LogP contribution in [0, 0.1) is 12.7 Å². The quantitative estimate of drug-likeness (QED) is 0.422. The third kappa shape index (κ3) is 5.66. The lowest BCUT2D eigenvalue weighted by molar-refractivity contribution is -0.137. The van der Waals surface area contributed by atoms with Gasteiger partial charge in [0, 0.05) is 23.6 Å². The van der Waals surface area contributed by atoms with Crippen LogP contribution in [0.5, 0.6) is 0 Å². The number of aryl methyl sites for hydroxylation is 2. The van der Waals surface area contributed by atoms with Gasteiger partial charge < -0.3 is 15.7 Å². The lowest BCUT2D eigenvalue weighted by Gasteiger charge is -2.33. The van der Waals surface area contributed by atoms with Crippen LogP contribution in [0.1, 0.15) is 58.9 Å². The summed E-state index contributed by atoms with van der Waals surface area (Å²) in [5, 5.41) is 20.0. The Balaban J connectivity index is 1.74. The molecule has 0 saturated heterocycles. The van der Waals surface area contributed by atoms with Gasteiger partial charge in [0.1, 0.15) is 17.7 Å². The van der Waals surface area contributed by atoms with E-state index in [4.69, 9.17) is 0 Å². The second-order valence-corrected chi connectivity index (χ2v) is 9.68. The first-order valence-corrected chi connectivity index (χ1v) is 11.6. The van der Waals surface area contributed by atoms with E-state index in [1.807, 2.05) is 0 Å². The number of amides is 2. The molecule has 2 aromatic carbocycles. The highest BCUT2D eigenvalue weighted by Gasteiger charge is 2.42. The van der Waals surface area contributed by atoms with Crippen LogP contribution >= 0.6 is 0 Å². The van der Waals surface area contributed by atoms with Crippen molar-refractivity contribution in [1.29, 1.82) is 0 Å². The first-order chi connectivity index (χ1) is 17.2. The Hall–Kier alpha value is -3.73. The maximum Gasteiger partial charge on any atom is 0.416 e. The third-order valence-electron chi connectivity index (χ3n) is 6.25. The Morgan fingerprint density at radius 2 is 1.84 bits per heavy atom. The summed E-state index contributed by atoms with van der Waals surface area (Å²) in [5.41, 5.74) is -0.603. The van der Waals surface area contributed by atoms with Gasteiger partial charge >= 0.3 is 6.18 Å². The van der Waals surface area contributed by atoms with Gasteiger partial charge in [0.15, 0.2) is 0 Å². The van der Waals surface area contributed by atoms with Crippen LogP contribution in [-0.2, 0) is 17.5 Å². The van der Waals surface area contributed by atoms with Gasteiger partial charge in [-0.05, 0) is 63.1 Å². The topological polar surface area (TPSA) is 96.2 Å². The Morgan fingerprint density at radius 1 is 1.16 bits per heavy atom. The maximum atomic E-state index is 13.7. The number of carbonyl (C=O) groups excluding carboxylic acids is 2. The molecule has 1 aromatic heterocycles. The van der Waals surface area contributed by atoms with Crippen LogP contribution in [0.4, 0.5) is 23.4 Å². The predicted octanol–water partition coefficient (Wildman–Crippen LogP) is 4.39. The average molecular weight is 519 g/mol. The Morgan fingerprint density at radius 3 is 2.46 bits per heavy atom. The summed E-state index contributed by atoms with van der Waals surface area (Å²) < 4.78 is 54.8. The third-order valence-corrected chi connectivity index (χ3v) is 6.25. The van der Waals surface area contributed by atoms with Crippen LogP contribution in [0.25, 0.3) is 0 Å². The number of alkyl halides is 3. The number of rotatable bonds is 6. The second-order valence-electron chi connectivity index (χ2n) is 9.68. The smallest absolute Gasteiger partial charge is 0.390 e. The molecule has 2 amide bonds. The van der Waals surface area contributed by atoms with E-state index in [9.17, 15) is 32.3 Å². The molecule has 0 bridgehead atoms. The Kier molecular flexibility index (Phi) is 6.85. The lowest BCUT2D eigenvalue weighted by atomic mass is 9.81. The minimum absolute atomic E-state index is 0.260. The van der Waals surface area contributed by atoms with Crippen molar-refractivity contribution in [3.05, 3.63) is 82.3 Å². The van der Waals surface area contributed by atoms with Crippen LogP contribution in [0.2, 0.25) is 0 Å². The molecular weight excluding hydrogens is 492 g/mol. The number of aromatic nitrogens is 2. The summed E-state index contributed by atoms with van der Waals surface area (Å²) in [5.74, 6) is -2.38.